The summed E-state index contributed by atoms with van der Waals surface area (Å²) in [7, 11) is 0. The van der Waals surface area contributed by atoms with Crippen LogP contribution in [0.5, 0.6) is 5.75 Å². The predicted octanol–water partition coefficient (Wildman–Crippen LogP) is 4.47. The summed E-state index contributed by atoms with van der Waals surface area (Å²) in [6.45, 7) is 9.28. The molecule has 18 heavy (non-hydrogen) atoms. The second-order valence-electron chi connectivity index (χ2n) is 5.49. The lowest BCUT2D eigenvalue weighted by atomic mass is 10.1. The molecule has 0 unspecified atom stereocenters. The highest BCUT2D eigenvalue weighted by Crippen LogP contribution is 2.21. The van der Waals surface area contributed by atoms with E-state index in [1.807, 2.05) is 30.5 Å². The molecule has 1 aromatic carbocycles. The molecule has 0 aliphatic carbocycles. The number of rotatable bonds is 6. The topological polar surface area (TPSA) is 21.6 Å². The maximum absolute atomic E-state index is 5.92. The van der Waals surface area contributed by atoms with E-state index in [2.05, 4.69) is 32.7 Å². The number of ether oxygens (including phenoxy) is 1. The summed E-state index contributed by atoms with van der Waals surface area (Å²) in [5, 5.41) is 0. The molecule has 0 aromatic heterocycles. The van der Waals surface area contributed by atoms with Crippen molar-refractivity contribution in [1.29, 1.82) is 0 Å². The van der Waals surface area contributed by atoms with Crippen molar-refractivity contribution in [2.75, 3.05) is 6.54 Å². The van der Waals surface area contributed by atoms with E-state index in [4.69, 9.17) is 4.74 Å². The Labute approximate surface area is 111 Å². The van der Waals surface area contributed by atoms with Gasteiger partial charge in [0, 0.05) is 18.3 Å². The zero-order valence-electron chi connectivity index (χ0n) is 12.1. The number of aliphatic imine (C=N–C) groups is 1. The first-order valence-electron chi connectivity index (χ1n) is 6.81. The minimum Gasteiger partial charge on any atom is -0.487 e. The molecule has 0 saturated heterocycles. The van der Waals surface area contributed by atoms with Crippen LogP contribution in [-0.2, 0) is 0 Å². The zero-order valence-corrected chi connectivity index (χ0v) is 12.1. The van der Waals surface area contributed by atoms with Crippen molar-refractivity contribution < 1.29 is 4.74 Å². The minimum absolute atomic E-state index is 0.174. The van der Waals surface area contributed by atoms with E-state index in [0.29, 0.717) is 0 Å². The maximum atomic E-state index is 5.92. The van der Waals surface area contributed by atoms with E-state index in [9.17, 15) is 0 Å². The summed E-state index contributed by atoms with van der Waals surface area (Å²) >= 11 is 0. The van der Waals surface area contributed by atoms with Crippen LogP contribution >= 0.6 is 0 Å². The van der Waals surface area contributed by atoms with Crippen molar-refractivity contribution in [3.05, 3.63) is 29.8 Å². The molecule has 100 valence electrons. The highest BCUT2D eigenvalue weighted by Gasteiger charge is 2.13. The summed E-state index contributed by atoms with van der Waals surface area (Å²) in [5.74, 6) is 0.907. The Morgan fingerprint density at radius 2 is 1.89 bits per heavy atom. The van der Waals surface area contributed by atoms with Gasteiger partial charge in [-0.25, -0.2) is 0 Å². The van der Waals surface area contributed by atoms with Crippen LogP contribution in [0, 0.1) is 0 Å². The normalized spacial score (nSPS) is 12.0. The largest absolute Gasteiger partial charge is 0.487 e. The van der Waals surface area contributed by atoms with Crippen LogP contribution in [-0.4, -0.2) is 18.4 Å². The molecule has 2 nitrogen and oxygen atoms in total. The molecule has 0 spiro atoms. The molecule has 0 N–H and O–H groups in total. The molecule has 0 radical (unpaired) electrons. The fraction of sp³-hybridized carbons (Fsp3) is 0.562. The average molecular weight is 247 g/mol. The number of hydrogen-bond donors (Lipinski definition) is 0. The van der Waals surface area contributed by atoms with E-state index in [1.54, 1.807) is 0 Å². The first-order chi connectivity index (χ1) is 8.53. The van der Waals surface area contributed by atoms with Gasteiger partial charge in [-0.3, -0.25) is 4.99 Å². The Bertz CT molecular complexity index is 377. The Balaban J connectivity index is 2.64. The Hall–Kier alpha value is -1.31. The summed E-state index contributed by atoms with van der Waals surface area (Å²) in [6.07, 6.45) is 5.57. The highest BCUT2D eigenvalue weighted by atomic mass is 16.5. The molecule has 1 aromatic rings. The Morgan fingerprint density at radius 3 is 2.56 bits per heavy atom. The number of nitrogens with zero attached hydrogens (tertiary/aromatic N) is 1. The van der Waals surface area contributed by atoms with E-state index in [1.165, 1.54) is 12.8 Å². The third kappa shape index (κ3) is 5.85. The SMILES string of the molecule is CCCCCN=Cc1ccccc1OC(C)(C)C. The number of benzene rings is 1. The second-order valence-corrected chi connectivity index (χ2v) is 5.49. The van der Waals surface area contributed by atoms with Gasteiger partial charge in [0.25, 0.3) is 0 Å². The van der Waals surface area contributed by atoms with Crippen LogP contribution in [0.1, 0.15) is 52.5 Å². The molecule has 0 atom stereocenters. The van der Waals surface area contributed by atoms with Gasteiger partial charge in [-0.1, -0.05) is 31.9 Å². The zero-order chi connectivity index (χ0) is 13.4. The molecule has 0 amide bonds. The summed E-state index contributed by atoms with van der Waals surface area (Å²) in [6, 6.07) is 8.06. The molecular weight excluding hydrogens is 222 g/mol. The third-order valence-corrected chi connectivity index (χ3v) is 2.46. The van der Waals surface area contributed by atoms with E-state index < -0.39 is 0 Å². The van der Waals surface area contributed by atoms with Crippen LogP contribution in [0.15, 0.2) is 29.3 Å². The quantitative estimate of drug-likeness (QED) is 0.536. The smallest absolute Gasteiger partial charge is 0.128 e. The van der Waals surface area contributed by atoms with E-state index >= 15 is 0 Å². The van der Waals surface area contributed by atoms with Gasteiger partial charge in [0.2, 0.25) is 0 Å². The third-order valence-electron chi connectivity index (χ3n) is 2.46. The number of hydrogen-bond acceptors (Lipinski definition) is 2. The Morgan fingerprint density at radius 1 is 1.17 bits per heavy atom. The summed E-state index contributed by atoms with van der Waals surface area (Å²) in [4.78, 5) is 4.46. The first-order valence-corrected chi connectivity index (χ1v) is 6.81. The fourth-order valence-electron chi connectivity index (χ4n) is 1.63. The van der Waals surface area contributed by atoms with Crippen molar-refractivity contribution in [2.24, 2.45) is 4.99 Å². The molecule has 2 heteroatoms. The van der Waals surface area contributed by atoms with Gasteiger partial charge in [0.15, 0.2) is 0 Å². The number of para-hydroxylation sites is 1. The lowest BCUT2D eigenvalue weighted by Crippen LogP contribution is -2.23. The fourth-order valence-corrected chi connectivity index (χ4v) is 1.63. The maximum Gasteiger partial charge on any atom is 0.128 e. The van der Waals surface area contributed by atoms with Crippen molar-refractivity contribution >= 4 is 6.21 Å². The summed E-state index contributed by atoms with van der Waals surface area (Å²) < 4.78 is 5.92. The van der Waals surface area contributed by atoms with Crippen LogP contribution < -0.4 is 4.74 Å². The lowest BCUT2D eigenvalue weighted by molar-refractivity contribution is 0.130. The molecule has 0 saturated carbocycles. The first kappa shape index (κ1) is 14.7. The monoisotopic (exact) mass is 247 g/mol. The van der Waals surface area contributed by atoms with Crippen LogP contribution in [0.2, 0.25) is 0 Å². The van der Waals surface area contributed by atoms with Gasteiger partial charge >= 0.3 is 0 Å². The molecule has 0 bridgehead atoms. The molecule has 0 fully saturated rings. The van der Waals surface area contributed by atoms with E-state index in [-0.39, 0.29) is 5.60 Å². The van der Waals surface area contributed by atoms with Gasteiger partial charge in [-0.2, -0.15) is 0 Å². The standard InChI is InChI=1S/C16H25NO/c1-5-6-9-12-17-13-14-10-7-8-11-15(14)18-16(2,3)4/h7-8,10-11,13H,5-6,9,12H2,1-4H3. The average Bonchev–Trinajstić information content (AvgIpc) is 2.29. The predicted molar refractivity (Wildman–Crippen MR) is 78.8 cm³/mol. The van der Waals surface area contributed by atoms with Crippen LogP contribution in [0.4, 0.5) is 0 Å². The molecule has 0 aliphatic heterocycles. The van der Waals surface area contributed by atoms with Crippen LogP contribution in [0.25, 0.3) is 0 Å². The van der Waals surface area contributed by atoms with Gasteiger partial charge in [0.1, 0.15) is 11.4 Å². The highest BCUT2D eigenvalue weighted by molar-refractivity contribution is 5.83. The van der Waals surface area contributed by atoms with Crippen molar-refractivity contribution in [3.63, 3.8) is 0 Å². The van der Waals surface area contributed by atoms with Crippen molar-refractivity contribution in [3.8, 4) is 5.75 Å². The molecule has 0 heterocycles. The van der Waals surface area contributed by atoms with Gasteiger partial charge < -0.3 is 4.74 Å². The van der Waals surface area contributed by atoms with Gasteiger partial charge in [0.05, 0.1) is 0 Å². The minimum atomic E-state index is -0.174. The van der Waals surface area contributed by atoms with Gasteiger partial charge in [-0.05, 0) is 39.3 Å². The van der Waals surface area contributed by atoms with E-state index in [0.717, 1.165) is 24.3 Å². The molecular formula is C16H25NO. The van der Waals surface area contributed by atoms with Crippen LogP contribution in [0.3, 0.4) is 0 Å². The lowest BCUT2D eigenvalue weighted by Gasteiger charge is -2.22. The summed E-state index contributed by atoms with van der Waals surface area (Å²) in [5.41, 5.74) is 0.885. The Kier molecular flexibility index (Phi) is 5.90. The van der Waals surface area contributed by atoms with Crippen molar-refractivity contribution in [1.82, 2.24) is 0 Å². The number of unbranched alkanes of at least 4 members (excludes halogenated alkanes) is 2. The molecule has 0 aliphatic rings. The van der Waals surface area contributed by atoms with Crippen molar-refractivity contribution in [2.45, 2.75) is 52.6 Å². The molecule has 1 rings (SSSR count). The second kappa shape index (κ2) is 7.20. The van der Waals surface area contributed by atoms with Gasteiger partial charge in [-0.15, -0.1) is 0 Å².